The molecule has 0 unspecified atom stereocenters. The molecule has 0 saturated heterocycles. The van der Waals surface area contributed by atoms with E-state index in [2.05, 4.69) is 10.6 Å². The number of carboxylic acids is 2. The van der Waals surface area contributed by atoms with Crippen LogP contribution in [0, 0.1) is 0 Å². The number of nitrogens with one attached hydrogen (secondary N) is 2. The van der Waals surface area contributed by atoms with Crippen LogP contribution in [0.4, 0.5) is 5.69 Å². The first-order chi connectivity index (χ1) is 9.43. The Bertz CT molecular complexity index is 504. The molecular weight excluding hydrogens is 304 g/mol. The van der Waals surface area contributed by atoms with Gasteiger partial charge in [0.25, 0.3) is 5.91 Å². The second-order valence-electron chi connectivity index (χ2n) is 4.08. The van der Waals surface area contributed by atoms with Crippen LogP contribution >= 0.6 is 0 Å². The van der Waals surface area contributed by atoms with Gasteiger partial charge in [0, 0.05) is 24.3 Å². The van der Waals surface area contributed by atoms with E-state index in [1.807, 2.05) is 0 Å². The van der Waals surface area contributed by atoms with Crippen molar-refractivity contribution in [3.63, 3.8) is 0 Å². The Kier molecular flexibility index (Phi) is 9.00. The summed E-state index contributed by atoms with van der Waals surface area (Å²) >= 11 is 0. The zero-order chi connectivity index (χ0) is 15.1. The Morgan fingerprint density at radius 3 is 2.14 bits per heavy atom. The number of aliphatic carboxylic acids is 2. The van der Waals surface area contributed by atoms with E-state index in [1.54, 1.807) is 19.2 Å². The molecule has 0 bridgehead atoms. The van der Waals surface area contributed by atoms with Gasteiger partial charge in [0.15, 0.2) is 0 Å². The van der Waals surface area contributed by atoms with Crippen LogP contribution in [0.15, 0.2) is 24.3 Å². The molecular formula is C13H14CaN2O5. The van der Waals surface area contributed by atoms with E-state index < -0.39 is 30.3 Å². The van der Waals surface area contributed by atoms with E-state index in [0.29, 0.717) is 0 Å². The molecule has 1 atom stereocenters. The molecule has 21 heavy (non-hydrogen) atoms. The Morgan fingerprint density at radius 2 is 1.71 bits per heavy atom. The normalized spacial score (nSPS) is 10.9. The molecule has 2 N–H and O–H groups in total. The van der Waals surface area contributed by atoms with Crippen molar-refractivity contribution in [3.05, 3.63) is 29.8 Å². The summed E-state index contributed by atoms with van der Waals surface area (Å²) in [6, 6.07) is 4.98. The zero-order valence-corrected chi connectivity index (χ0v) is 13.8. The van der Waals surface area contributed by atoms with Crippen molar-refractivity contribution in [2.45, 2.75) is 18.9 Å². The van der Waals surface area contributed by atoms with E-state index >= 15 is 0 Å². The molecule has 0 aliphatic heterocycles. The summed E-state index contributed by atoms with van der Waals surface area (Å²) < 4.78 is 0. The monoisotopic (exact) mass is 318 g/mol. The van der Waals surface area contributed by atoms with Gasteiger partial charge in [0.1, 0.15) is 0 Å². The van der Waals surface area contributed by atoms with Crippen molar-refractivity contribution in [1.82, 2.24) is 5.32 Å². The van der Waals surface area contributed by atoms with Gasteiger partial charge in [-0.15, -0.1) is 0 Å². The van der Waals surface area contributed by atoms with Gasteiger partial charge in [-0.1, -0.05) is 0 Å². The van der Waals surface area contributed by atoms with Crippen LogP contribution in [0.2, 0.25) is 0 Å². The molecule has 7 nitrogen and oxygen atoms in total. The third kappa shape index (κ3) is 6.79. The summed E-state index contributed by atoms with van der Waals surface area (Å²) in [5.41, 5.74) is 1.07. The number of hydrogen-bond acceptors (Lipinski definition) is 6. The van der Waals surface area contributed by atoms with Crippen molar-refractivity contribution in [2.75, 3.05) is 12.4 Å². The Labute approximate surface area is 151 Å². The van der Waals surface area contributed by atoms with Crippen molar-refractivity contribution >= 4 is 61.3 Å². The molecule has 1 amide bonds. The predicted molar refractivity (Wildman–Crippen MR) is 72.2 cm³/mol. The van der Waals surface area contributed by atoms with Crippen molar-refractivity contribution in [2.24, 2.45) is 0 Å². The van der Waals surface area contributed by atoms with Crippen LogP contribution in [0.3, 0.4) is 0 Å². The number of anilines is 1. The summed E-state index contributed by atoms with van der Waals surface area (Å²) in [7, 11) is 1.72. The first-order valence-corrected chi connectivity index (χ1v) is 5.93. The number of rotatable bonds is 7. The minimum atomic E-state index is -1.54. The number of hydrogen-bond donors (Lipinski definition) is 2. The van der Waals surface area contributed by atoms with Gasteiger partial charge in [0.05, 0.1) is 12.0 Å². The molecule has 1 aromatic rings. The maximum atomic E-state index is 11.8. The molecule has 0 heterocycles. The van der Waals surface area contributed by atoms with Gasteiger partial charge in [0.2, 0.25) is 0 Å². The second-order valence-corrected chi connectivity index (χ2v) is 4.08. The van der Waals surface area contributed by atoms with Crippen LogP contribution in [0.25, 0.3) is 0 Å². The predicted octanol–water partition coefficient (Wildman–Crippen LogP) is -2.27. The largest absolute Gasteiger partial charge is 2.00 e. The molecule has 0 aromatic heterocycles. The van der Waals surface area contributed by atoms with E-state index in [4.69, 9.17) is 0 Å². The van der Waals surface area contributed by atoms with Crippen LogP contribution in [0.5, 0.6) is 0 Å². The number of carbonyl (C=O) groups excluding carboxylic acids is 3. The van der Waals surface area contributed by atoms with Crippen LogP contribution < -0.4 is 20.8 Å². The van der Waals surface area contributed by atoms with Gasteiger partial charge in [-0.05, 0) is 37.1 Å². The quantitative estimate of drug-likeness (QED) is 0.547. The van der Waals surface area contributed by atoms with Gasteiger partial charge in [-0.2, -0.15) is 0 Å². The summed E-state index contributed by atoms with van der Waals surface area (Å²) in [5, 5.41) is 26.2. The molecule has 8 heteroatoms. The fourth-order valence-corrected chi connectivity index (χ4v) is 1.54. The SMILES string of the molecule is CNc1ccc(C(=O)N[C@H](CCC(=O)[O-])C(=O)[O-])cc1.[Ca+2]. The van der Waals surface area contributed by atoms with Crippen molar-refractivity contribution in [1.29, 1.82) is 0 Å². The molecule has 0 saturated carbocycles. The van der Waals surface area contributed by atoms with E-state index in [0.717, 1.165) is 5.69 Å². The first kappa shape index (κ1) is 19.7. The third-order valence-electron chi connectivity index (χ3n) is 2.66. The van der Waals surface area contributed by atoms with Gasteiger partial charge in [-0.25, -0.2) is 0 Å². The Balaban J connectivity index is 0.00000400. The molecule has 108 valence electrons. The topological polar surface area (TPSA) is 121 Å². The summed E-state index contributed by atoms with van der Waals surface area (Å²) in [4.78, 5) is 33.0. The van der Waals surface area contributed by atoms with Crippen molar-refractivity contribution in [3.8, 4) is 0 Å². The fraction of sp³-hybridized carbons (Fsp3) is 0.308. The molecule has 1 rings (SSSR count). The summed E-state index contributed by atoms with van der Waals surface area (Å²) in [6.45, 7) is 0. The third-order valence-corrected chi connectivity index (χ3v) is 2.66. The maximum absolute atomic E-state index is 11.8. The van der Waals surface area contributed by atoms with Crippen LogP contribution in [0.1, 0.15) is 23.2 Å². The smallest absolute Gasteiger partial charge is 0.550 e. The minimum absolute atomic E-state index is 0. The summed E-state index contributed by atoms with van der Waals surface area (Å²) in [5.74, 6) is -3.53. The standard InChI is InChI=1S/C13H16N2O5.Ca/c1-14-9-4-2-8(3-5-9)12(18)15-10(13(19)20)6-7-11(16)17;/h2-5,10,14H,6-7H2,1H3,(H,15,18)(H,16,17)(H,19,20);/q;+2/p-2/t10-;/m1./s1. The van der Waals surface area contributed by atoms with Crippen molar-refractivity contribution < 1.29 is 24.6 Å². The second kappa shape index (κ2) is 9.59. The number of carboxylic acid groups (broad SMARTS) is 2. The van der Waals surface area contributed by atoms with E-state index in [-0.39, 0.29) is 49.7 Å². The van der Waals surface area contributed by atoms with Crippen LogP contribution in [-0.4, -0.2) is 68.7 Å². The maximum Gasteiger partial charge on any atom is 2.00 e. The first-order valence-electron chi connectivity index (χ1n) is 5.93. The molecule has 0 spiro atoms. The van der Waals surface area contributed by atoms with Gasteiger partial charge < -0.3 is 30.4 Å². The fourth-order valence-electron chi connectivity index (χ4n) is 1.54. The average molecular weight is 318 g/mol. The number of carbonyl (C=O) groups is 3. The van der Waals surface area contributed by atoms with Gasteiger partial charge >= 0.3 is 37.7 Å². The van der Waals surface area contributed by atoms with E-state index in [1.165, 1.54) is 12.1 Å². The Hall–Kier alpha value is -1.31. The van der Waals surface area contributed by atoms with Gasteiger partial charge in [-0.3, -0.25) is 4.79 Å². The molecule has 0 aliphatic carbocycles. The van der Waals surface area contributed by atoms with E-state index in [9.17, 15) is 24.6 Å². The van der Waals surface area contributed by atoms with Crippen LogP contribution in [-0.2, 0) is 9.59 Å². The molecule has 0 fully saturated rings. The number of benzene rings is 1. The zero-order valence-electron chi connectivity index (χ0n) is 11.5. The summed E-state index contributed by atoms with van der Waals surface area (Å²) in [6.07, 6.45) is -0.761. The average Bonchev–Trinajstić information content (AvgIpc) is 2.42. The Morgan fingerprint density at radius 1 is 1.14 bits per heavy atom. The molecule has 1 aromatic carbocycles. The molecule has 0 radical (unpaired) electrons. The minimum Gasteiger partial charge on any atom is -0.550 e. The molecule has 0 aliphatic rings. The number of amides is 1.